The quantitative estimate of drug-likeness (QED) is 0.927. The fourth-order valence-electron chi connectivity index (χ4n) is 1.79. The first-order valence-electron chi connectivity index (χ1n) is 5.22. The number of rotatable bonds is 3. The molecule has 0 aliphatic heterocycles. The first kappa shape index (κ1) is 12.6. The molecule has 0 aliphatic carbocycles. The monoisotopic (exact) mass is 268 g/mol. The number of nitrogen functional groups attached to an aromatic ring is 1. The third kappa shape index (κ3) is 1.97. The Labute approximate surface area is 109 Å². The fourth-order valence-corrected chi connectivity index (χ4v) is 2.21. The van der Waals surface area contributed by atoms with Crippen molar-refractivity contribution in [3.8, 4) is 22.8 Å². The minimum absolute atomic E-state index is 0.232. The molecule has 96 valence electrons. The van der Waals surface area contributed by atoms with E-state index >= 15 is 0 Å². The minimum atomic E-state index is 0.232. The van der Waals surface area contributed by atoms with Crippen molar-refractivity contribution in [3.05, 3.63) is 22.7 Å². The molecule has 0 bridgehead atoms. The number of ether oxygens (including phenoxy) is 2. The third-order valence-corrected chi connectivity index (χ3v) is 2.95. The molecule has 0 radical (unpaired) electrons. The molecule has 2 rings (SSSR count). The van der Waals surface area contributed by atoms with Gasteiger partial charge in [0.05, 0.1) is 19.2 Å². The van der Waals surface area contributed by atoms with Crippen LogP contribution >= 0.6 is 11.6 Å². The van der Waals surface area contributed by atoms with Crippen LogP contribution in [0.5, 0.6) is 11.5 Å². The van der Waals surface area contributed by atoms with Crippen LogP contribution in [0.15, 0.2) is 16.7 Å². The van der Waals surface area contributed by atoms with E-state index in [0.717, 1.165) is 11.1 Å². The second-order valence-corrected chi connectivity index (χ2v) is 4.11. The zero-order chi connectivity index (χ0) is 13.3. The van der Waals surface area contributed by atoms with Crippen molar-refractivity contribution in [2.24, 2.45) is 0 Å². The van der Waals surface area contributed by atoms with E-state index in [2.05, 4.69) is 5.16 Å². The molecule has 2 N–H and O–H groups in total. The molecule has 5 nitrogen and oxygen atoms in total. The summed E-state index contributed by atoms with van der Waals surface area (Å²) in [5.74, 6) is 1.26. The first-order valence-corrected chi connectivity index (χ1v) is 5.60. The highest BCUT2D eigenvalue weighted by molar-refractivity contribution is 6.35. The number of nitrogens with two attached hydrogens (primary N) is 1. The van der Waals surface area contributed by atoms with Crippen LogP contribution < -0.4 is 15.2 Å². The molecule has 0 atom stereocenters. The molecule has 2 aromatic rings. The van der Waals surface area contributed by atoms with E-state index in [4.69, 9.17) is 31.3 Å². The molecule has 0 amide bonds. The van der Waals surface area contributed by atoms with Crippen LogP contribution in [0.2, 0.25) is 5.02 Å². The molecular formula is C12H13ClN2O3. The van der Waals surface area contributed by atoms with Gasteiger partial charge in [0.1, 0.15) is 5.69 Å². The summed E-state index contributed by atoms with van der Waals surface area (Å²) < 4.78 is 15.3. The Morgan fingerprint density at radius 1 is 1.28 bits per heavy atom. The van der Waals surface area contributed by atoms with Crippen molar-refractivity contribution >= 4 is 17.5 Å². The Bertz CT molecular complexity index is 581. The molecule has 1 aromatic heterocycles. The summed E-state index contributed by atoms with van der Waals surface area (Å²) in [5.41, 5.74) is 7.69. The summed E-state index contributed by atoms with van der Waals surface area (Å²) in [6.07, 6.45) is 0. The van der Waals surface area contributed by atoms with Crippen molar-refractivity contribution in [3.63, 3.8) is 0 Å². The van der Waals surface area contributed by atoms with Crippen LogP contribution in [-0.2, 0) is 0 Å². The molecule has 18 heavy (non-hydrogen) atoms. The average molecular weight is 269 g/mol. The molecular weight excluding hydrogens is 256 g/mol. The summed E-state index contributed by atoms with van der Waals surface area (Å²) in [7, 11) is 3.08. The Morgan fingerprint density at radius 2 is 2.00 bits per heavy atom. The Balaban J connectivity index is 2.68. The molecule has 1 aromatic carbocycles. The van der Waals surface area contributed by atoms with Gasteiger partial charge in [0, 0.05) is 11.6 Å². The molecule has 0 saturated heterocycles. The topological polar surface area (TPSA) is 70.5 Å². The Morgan fingerprint density at radius 3 is 2.50 bits per heavy atom. The van der Waals surface area contributed by atoms with Gasteiger partial charge in [0.25, 0.3) is 0 Å². The summed E-state index contributed by atoms with van der Waals surface area (Å²) in [5, 5.41) is 4.28. The lowest BCUT2D eigenvalue weighted by Crippen LogP contribution is -1.95. The standard InChI is InChI=1S/C12H13ClN2O3/c1-6-4-8(16-2)12(17-3)11(13)10(6)7-5-9(14)18-15-7/h4-5H,14H2,1-3H3. The summed E-state index contributed by atoms with van der Waals surface area (Å²) in [6.45, 7) is 1.90. The van der Waals surface area contributed by atoms with Crippen LogP contribution in [0, 0.1) is 6.92 Å². The number of aromatic nitrogens is 1. The van der Waals surface area contributed by atoms with Crippen LogP contribution in [0.25, 0.3) is 11.3 Å². The molecule has 6 heteroatoms. The smallest absolute Gasteiger partial charge is 0.222 e. The van der Waals surface area contributed by atoms with Gasteiger partial charge in [-0.1, -0.05) is 16.8 Å². The van der Waals surface area contributed by atoms with Crippen LogP contribution in [0.4, 0.5) is 5.88 Å². The molecule has 0 spiro atoms. The van der Waals surface area contributed by atoms with Crippen LogP contribution in [-0.4, -0.2) is 19.4 Å². The van der Waals surface area contributed by atoms with Gasteiger partial charge in [-0.2, -0.15) is 0 Å². The Kier molecular flexibility index (Phi) is 3.34. The van der Waals surface area contributed by atoms with Crippen molar-refractivity contribution in [2.45, 2.75) is 6.92 Å². The maximum Gasteiger partial charge on any atom is 0.222 e. The highest BCUT2D eigenvalue weighted by Crippen LogP contribution is 2.43. The van der Waals surface area contributed by atoms with Gasteiger partial charge in [-0.15, -0.1) is 0 Å². The third-order valence-electron chi connectivity index (χ3n) is 2.59. The zero-order valence-corrected chi connectivity index (χ0v) is 11.0. The van der Waals surface area contributed by atoms with E-state index in [1.807, 2.05) is 13.0 Å². The Hall–Kier alpha value is -1.88. The number of hydrogen-bond acceptors (Lipinski definition) is 5. The molecule has 0 saturated carbocycles. The summed E-state index contributed by atoms with van der Waals surface area (Å²) >= 11 is 6.31. The highest BCUT2D eigenvalue weighted by atomic mass is 35.5. The molecule has 1 heterocycles. The maximum atomic E-state index is 6.31. The lowest BCUT2D eigenvalue weighted by Gasteiger charge is -2.14. The maximum absolute atomic E-state index is 6.31. The van der Waals surface area contributed by atoms with Crippen molar-refractivity contribution < 1.29 is 14.0 Å². The van der Waals surface area contributed by atoms with Crippen LogP contribution in [0.1, 0.15) is 5.56 Å². The van der Waals surface area contributed by atoms with E-state index in [9.17, 15) is 0 Å². The lowest BCUT2D eigenvalue weighted by atomic mass is 10.0. The van der Waals surface area contributed by atoms with Gasteiger partial charge in [-0.05, 0) is 18.6 Å². The average Bonchev–Trinajstić information content (AvgIpc) is 2.75. The highest BCUT2D eigenvalue weighted by Gasteiger charge is 2.19. The first-order chi connectivity index (χ1) is 8.58. The SMILES string of the molecule is COc1cc(C)c(-c2cc(N)on2)c(Cl)c1OC. The normalized spacial score (nSPS) is 10.4. The fraction of sp³-hybridized carbons (Fsp3) is 0.250. The van der Waals surface area contributed by atoms with E-state index < -0.39 is 0 Å². The van der Waals surface area contributed by atoms with Gasteiger partial charge < -0.3 is 19.7 Å². The largest absolute Gasteiger partial charge is 0.493 e. The summed E-state index contributed by atoms with van der Waals surface area (Å²) in [6, 6.07) is 3.44. The van der Waals surface area contributed by atoms with Crippen molar-refractivity contribution in [2.75, 3.05) is 20.0 Å². The van der Waals surface area contributed by atoms with Gasteiger partial charge >= 0.3 is 0 Å². The van der Waals surface area contributed by atoms with E-state index in [1.54, 1.807) is 13.2 Å². The lowest BCUT2D eigenvalue weighted by molar-refractivity contribution is 0.355. The number of nitrogens with zero attached hydrogens (tertiary/aromatic N) is 1. The van der Waals surface area contributed by atoms with Gasteiger partial charge in [-0.3, -0.25) is 0 Å². The number of benzene rings is 1. The molecule has 0 fully saturated rings. The van der Waals surface area contributed by atoms with Crippen molar-refractivity contribution in [1.29, 1.82) is 0 Å². The summed E-state index contributed by atoms with van der Waals surface area (Å²) in [4.78, 5) is 0. The molecule has 0 aliphatic rings. The van der Waals surface area contributed by atoms with Gasteiger partial charge in [0.15, 0.2) is 11.5 Å². The van der Waals surface area contributed by atoms with Gasteiger partial charge in [-0.25, -0.2) is 0 Å². The van der Waals surface area contributed by atoms with Crippen molar-refractivity contribution in [1.82, 2.24) is 5.16 Å². The molecule has 0 unspecified atom stereocenters. The number of methoxy groups -OCH3 is 2. The van der Waals surface area contributed by atoms with Crippen LogP contribution in [0.3, 0.4) is 0 Å². The van der Waals surface area contributed by atoms with Gasteiger partial charge in [0.2, 0.25) is 5.88 Å². The van der Waals surface area contributed by atoms with E-state index in [-0.39, 0.29) is 5.88 Å². The predicted octanol–water partition coefficient (Wildman–Crippen LogP) is 2.90. The number of halogens is 1. The minimum Gasteiger partial charge on any atom is -0.493 e. The number of aryl methyl sites for hydroxylation is 1. The number of anilines is 1. The second-order valence-electron chi connectivity index (χ2n) is 3.73. The van der Waals surface area contributed by atoms with E-state index in [1.165, 1.54) is 7.11 Å². The zero-order valence-electron chi connectivity index (χ0n) is 10.3. The van der Waals surface area contributed by atoms with E-state index in [0.29, 0.717) is 22.2 Å². The number of hydrogen-bond donors (Lipinski definition) is 1. The predicted molar refractivity (Wildman–Crippen MR) is 69.2 cm³/mol. The second kappa shape index (κ2) is 4.78.